The van der Waals surface area contributed by atoms with Crippen molar-refractivity contribution >= 4 is 5.84 Å². The summed E-state index contributed by atoms with van der Waals surface area (Å²) in [6.45, 7) is 0.474. The van der Waals surface area contributed by atoms with Crippen LogP contribution in [0.5, 0.6) is 0 Å². The highest BCUT2D eigenvalue weighted by Gasteiger charge is 2.23. The van der Waals surface area contributed by atoms with Crippen LogP contribution < -0.4 is 11.2 Å². The predicted molar refractivity (Wildman–Crippen MR) is 43.5 cm³/mol. The molecule has 2 heterocycles. The molecule has 0 aromatic rings. The van der Waals surface area contributed by atoms with E-state index in [1.54, 1.807) is 0 Å². The summed E-state index contributed by atoms with van der Waals surface area (Å²) in [6, 6.07) is 0. The van der Waals surface area contributed by atoms with E-state index in [-0.39, 0.29) is 6.17 Å². The van der Waals surface area contributed by atoms with Gasteiger partial charge in [0, 0.05) is 6.20 Å². The first kappa shape index (κ1) is 6.42. The van der Waals surface area contributed by atoms with Crippen molar-refractivity contribution in [3.05, 3.63) is 24.4 Å². The summed E-state index contributed by atoms with van der Waals surface area (Å²) >= 11 is 0. The van der Waals surface area contributed by atoms with Gasteiger partial charge in [0.25, 0.3) is 0 Å². The molecule has 1 atom stereocenters. The third-order valence-electron chi connectivity index (χ3n) is 1.76. The summed E-state index contributed by atoms with van der Waals surface area (Å²) < 4.78 is 0. The van der Waals surface area contributed by atoms with Crippen molar-refractivity contribution < 1.29 is 0 Å². The zero-order valence-corrected chi connectivity index (χ0v) is 6.07. The van der Waals surface area contributed by atoms with Gasteiger partial charge in [-0.3, -0.25) is 5.43 Å². The molecule has 0 amide bonds. The van der Waals surface area contributed by atoms with Crippen LogP contribution >= 0.6 is 0 Å². The Morgan fingerprint density at radius 2 is 2.55 bits per heavy atom. The maximum Gasteiger partial charge on any atom is 0.144 e. The van der Waals surface area contributed by atoms with Gasteiger partial charge in [-0.25, -0.2) is 0 Å². The van der Waals surface area contributed by atoms with Crippen molar-refractivity contribution in [1.29, 1.82) is 0 Å². The topological polar surface area (TPSA) is 53.6 Å². The van der Waals surface area contributed by atoms with Gasteiger partial charge in [0.1, 0.15) is 12.0 Å². The number of fused-ring (bicyclic) bond motifs is 1. The Kier molecular flexibility index (Phi) is 1.40. The molecule has 2 aliphatic rings. The van der Waals surface area contributed by atoms with E-state index in [2.05, 4.69) is 10.5 Å². The standard InChI is InChI=1S/C7H10N4/c8-5-7-10-9-6-3-1-2-4-11(6)7/h1-4,6,9H,5,8H2/t6-/m0/s1. The Labute approximate surface area is 65.1 Å². The molecule has 2 aliphatic heterocycles. The van der Waals surface area contributed by atoms with Crippen molar-refractivity contribution in [2.75, 3.05) is 6.54 Å². The zero-order chi connectivity index (χ0) is 7.68. The molecule has 0 unspecified atom stereocenters. The van der Waals surface area contributed by atoms with Crippen molar-refractivity contribution in [2.24, 2.45) is 10.8 Å². The lowest BCUT2D eigenvalue weighted by atomic mass is 10.3. The van der Waals surface area contributed by atoms with Crippen molar-refractivity contribution in [3.63, 3.8) is 0 Å². The van der Waals surface area contributed by atoms with Crippen molar-refractivity contribution in [1.82, 2.24) is 10.3 Å². The Hall–Kier alpha value is -1.29. The second-order valence-electron chi connectivity index (χ2n) is 2.44. The van der Waals surface area contributed by atoms with Gasteiger partial charge in [-0.05, 0) is 12.2 Å². The van der Waals surface area contributed by atoms with Gasteiger partial charge >= 0.3 is 0 Å². The molecule has 0 aromatic heterocycles. The summed E-state index contributed by atoms with van der Waals surface area (Å²) in [6.07, 6.45) is 8.14. The van der Waals surface area contributed by atoms with E-state index < -0.39 is 0 Å². The highest BCUT2D eigenvalue weighted by Crippen LogP contribution is 2.11. The van der Waals surface area contributed by atoms with Gasteiger partial charge in [0.15, 0.2) is 0 Å². The van der Waals surface area contributed by atoms with Gasteiger partial charge in [-0.15, -0.1) is 0 Å². The van der Waals surface area contributed by atoms with Gasteiger partial charge in [0.05, 0.1) is 6.54 Å². The monoisotopic (exact) mass is 150 g/mol. The van der Waals surface area contributed by atoms with E-state index in [1.165, 1.54) is 0 Å². The van der Waals surface area contributed by atoms with E-state index in [0.717, 1.165) is 5.84 Å². The maximum atomic E-state index is 5.47. The zero-order valence-electron chi connectivity index (χ0n) is 6.07. The molecule has 0 bridgehead atoms. The summed E-state index contributed by atoms with van der Waals surface area (Å²) in [4.78, 5) is 2.01. The fourth-order valence-corrected chi connectivity index (χ4v) is 1.20. The molecule has 0 spiro atoms. The van der Waals surface area contributed by atoms with Gasteiger partial charge in [0.2, 0.25) is 0 Å². The second-order valence-corrected chi connectivity index (χ2v) is 2.44. The summed E-state index contributed by atoms with van der Waals surface area (Å²) in [5, 5.41) is 4.06. The third kappa shape index (κ3) is 0.914. The highest BCUT2D eigenvalue weighted by atomic mass is 15.5. The molecule has 4 heteroatoms. The van der Waals surface area contributed by atoms with Gasteiger partial charge in [-0.1, -0.05) is 6.08 Å². The van der Waals surface area contributed by atoms with Crippen LogP contribution in [0.3, 0.4) is 0 Å². The van der Waals surface area contributed by atoms with Crippen LogP contribution in [-0.2, 0) is 0 Å². The number of allylic oxidation sites excluding steroid dienone is 2. The molecular weight excluding hydrogens is 140 g/mol. The number of amidine groups is 1. The Morgan fingerprint density at radius 1 is 1.64 bits per heavy atom. The average molecular weight is 150 g/mol. The molecule has 0 saturated carbocycles. The summed E-state index contributed by atoms with van der Waals surface area (Å²) in [5.41, 5.74) is 8.43. The molecule has 0 aromatic carbocycles. The number of nitrogens with zero attached hydrogens (tertiary/aromatic N) is 2. The fourth-order valence-electron chi connectivity index (χ4n) is 1.20. The van der Waals surface area contributed by atoms with E-state index in [4.69, 9.17) is 5.73 Å². The van der Waals surface area contributed by atoms with Crippen LogP contribution in [-0.4, -0.2) is 23.4 Å². The average Bonchev–Trinajstić information content (AvgIpc) is 2.47. The lowest BCUT2D eigenvalue weighted by molar-refractivity contribution is 0.442. The van der Waals surface area contributed by atoms with Gasteiger partial charge < -0.3 is 10.6 Å². The number of rotatable bonds is 1. The van der Waals surface area contributed by atoms with Crippen LogP contribution in [0.2, 0.25) is 0 Å². The molecule has 0 saturated heterocycles. The predicted octanol–water partition coefficient (Wildman–Crippen LogP) is -0.427. The molecule has 4 nitrogen and oxygen atoms in total. The molecule has 0 radical (unpaired) electrons. The molecule has 3 N–H and O–H groups in total. The quantitative estimate of drug-likeness (QED) is 0.533. The Morgan fingerprint density at radius 3 is 3.36 bits per heavy atom. The first-order chi connectivity index (χ1) is 5.42. The number of nitrogens with two attached hydrogens (primary N) is 1. The fraction of sp³-hybridized carbons (Fsp3) is 0.286. The third-order valence-corrected chi connectivity index (χ3v) is 1.76. The minimum atomic E-state index is 0.179. The first-order valence-corrected chi connectivity index (χ1v) is 3.57. The lowest BCUT2D eigenvalue weighted by Gasteiger charge is -2.21. The molecule has 2 rings (SSSR count). The van der Waals surface area contributed by atoms with Gasteiger partial charge in [-0.2, -0.15) is 5.10 Å². The molecule has 11 heavy (non-hydrogen) atoms. The van der Waals surface area contributed by atoms with E-state index in [9.17, 15) is 0 Å². The molecule has 0 fully saturated rings. The van der Waals surface area contributed by atoms with Crippen molar-refractivity contribution in [2.45, 2.75) is 6.17 Å². The minimum Gasteiger partial charge on any atom is -0.324 e. The minimum absolute atomic E-state index is 0.179. The van der Waals surface area contributed by atoms with Crippen LogP contribution in [0.15, 0.2) is 29.5 Å². The highest BCUT2D eigenvalue weighted by molar-refractivity contribution is 5.86. The molecular formula is C7H10N4. The summed E-state index contributed by atoms with van der Waals surface area (Å²) in [7, 11) is 0. The van der Waals surface area contributed by atoms with E-state index in [1.807, 2.05) is 29.3 Å². The number of nitrogens with one attached hydrogen (secondary N) is 1. The first-order valence-electron chi connectivity index (χ1n) is 3.57. The lowest BCUT2D eigenvalue weighted by Crippen LogP contribution is -2.38. The smallest absolute Gasteiger partial charge is 0.144 e. The largest absolute Gasteiger partial charge is 0.324 e. The van der Waals surface area contributed by atoms with Crippen LogP contribution in [0.25, 0.3) is 0 Å². The number of hydrogen-bond acceptors (Lipinski definition) is 4. The van der Waals surface area contributed by atoms with Crippen LogP contribution in [0.1, 0.15) is 0 Å². The Bertz CT molecular complexity index is 241. The SMILES string of the molecule is NCC1=NN[C@@H]2C=CC=CN12. The van der Waals surface area contributed by atoms with Crippen LogP contribution in [0.4, 0.5) is 0 Å². The molecule has 0 aliphatic carbocycles. The second kappa shape index (κ2) is 2.39. The van der Waals surface area contributed by atoms with E-state index >= 15 is 0 Å². The Balaban J connectivity index is 2.20. The number of hydrogen-bond donors (Lipinski definition) is 2. The number of hydrazone groups is 1. The molecule has 58 valence electrons. The van der Waals surface area contributed by atoms with E-state index in [0.29, 0.717) is 6.54 Å². The maximum absolute atomic E-state index is 5.47. The summed E-state index contributed by atoms with van der Waals surface area (Å²) in [5.74, 6) is 0.885. The normalized spacial score (nSPS) is 26.5. The van der Waals surface area contributed by atoms with Crippen LogP contribution in [0, 0.1) is 0 Å². The van der Waals surface area contributed by atoms with Crippen molar-refractivity contribution in [3.8, 4) is 0 Å².